The minimum absolute atomic E-state index is 0.139. The lowest BCUT2D eigenvalue weighted by Gasteiger charge is -2.21. The second-order valence-electron chi connectivity index (χ2n) is 18.2. The summed E-state index contributed by atoms with van der Waals surface area (Å²) in [7, 11) is 0. The highest BCUT2D eigenvalue weighted by atomic mass is 15.0. The molecule has 8 aromatic carbocycles. The Morgan fingerprint density at radius 3 is 0.806 bits per heavy atom. The molecule has 2 heterocycles. The highest BCUT2D eigenvalue weighted by Gasteiger charge is 2.35. The molecule has 6 heteroatoms. The molecule has 322 valence electrons. The number of hydrogen-bond donors (Lipinski definition) is 0. The number of benzene rings is 8. The molecule has 0 saturated carbocycles. The Morgan fingerprint density at radius 2 is 0.507 bits per heavy atom. The van der Waals surface area contributed by atoms with Crippen molar-refractivity contribution in [1.82, 2.24) is 29.9 Å². The lowest BCUT2D eigenvalue weighted by atomic mass is 9.82. The smallest absolute Gasteiger partial charge is 0.164 e. The molecule has 0 spiro atoms. The Bertz CT molecular complexity index is 3170. The molecule has 67 heavy (non-hydrogen) atoms. The molecule has 0 aliphatic heterocycles. The van der Waals surface area contributed by atoms with E-state index in [1.807, 2.05) is 48.5 Å². The average Bonchev–Trinajstić information content (AvgIpc) is 3.58. The first-order chi connectivity index (χ1) is 32.6. The minimum atomic E-state index is -0.139. The van der Waals surface area contributed by atoms with Gasteiger partial charge in [0.15, 0.2) is 34.9 Å². The lowest BCUT2D eigenvalue weighted by Crippen LogP contribution is -2.14. The first-order valence-corrected chi connectivity index (χ1v) is 22.9. The number of nitrogens with zero attached hydrogens (tertiary/aromatic N) is 6. The molecule has 0 saturated heterocycles. The van der Waals surface area contributed by atoms with Gasteiger partial charge in [-0.25, -0.2) is 29.9 Å². The van der Waals surface area contributed by atoms with E-state index in [-0.39, 0.29) is 5.41 Å². The quantitative estimate of drug-likeness (QED) is 0.151. The van der Waals surface area contributed by atoms with Crippen LogP contribution in [0.4, 0.5) is 0 Å². The van der Waals surface area contributed by atoms with Gasteiger partial charge in [-0.05, 0) is 107 Å². The number of aryl methyl sites for hydroxylation is 4. The molecule has 1 aliphatic rings. The zero-order chi connectivity index (χ0) is 45.8. The summed E-state index contributed by atoms with van der Waals surface area (Å²) in [5.74, 6) is 3.98. The van der Waals surface area contributed by atoms with Crippen molar-refractivity contribution in [2.45, 2.75) is 47.0 Å². The van der Waals surface area contributed by atoms with E-state index in [2.05, 4.69) is 175 Å². The van der Waals surface area contributed by atoms with Crippen LogP contribution in [-0.2, 0) is 5.41 Å². The molecule has 0 atom stereocenters. The van der Waals surface area contributed by atoms with Crippen LogP contribution in [0.25, 0.3) is 102 Å². The third-order valence-corrected chi connectivity index (χ3v) is 13.4. The first-order valence-electron chi connectivity index (χ1n) is 22.9. The van der Waals surface area contributed by atoms with Crippen LogP contribution in [0.15, 0.2) is 182 Å². The molecule has 11 rings (SSSR count). The molecule has 0 unspecified atom stereocenters. The van der Waals surface area contributed by atoms with Gasteiger partial charge in [-0.15, -0.1) is 0 Å². The molecule has 6 nitrogen and oxygen atoms in total. The second-order valence-corrected chi connectivity index (χ2v) is 18.2. The summed E-state index contributed by atoms with van der Waals surface area (Å²) in [5.41, 5.74) is 20.0. The Kier molecular flexibility index (Phi) is 10.3. The fraction of sp³-hybridized carbons (Fsp3) is 0.115. The van der Waals surface area contributed by atoms with E-state index >= 15 is 0 Å². The van der Waals surface area contributed by atoms with Crippen molar-refractivity contribution in [2.24, 2.45) is 0 Å². The summed E-state index contributed by atoms with van der Waals surface area (Å²) in [6.07, 6.45) is 0. The van der Waals surface area contributed by atoms with Crippen LogP contribution in [0.1, 0.15) is 47.2 Å². The van der Waals surface area contributed by atoms with E-state index in [0.717, 1.165) is 77.9 Å². The normalized spacial score (nSPS) is 12.4. The van der Waals surface area contributed by atoms with Crippen LogP contribution < -0.4 is 0 Å². The minimum Gasteiger partial charge on any atom is -0.208 e. The van der Waals surface area contributed by atoms with Crippen LogP contribution >= 0.6 is 0 Å². The van der Waals surface area contributed by atoms with Crippen molar-refractivity contribution in [1.29, 1.82) is 0 Å². The third-order valence-electron chi connectivity index (χ3n) is 13.4. The molecular formula is C61H48N6. The number of rotatable bonds is 8. The van der Waals surface area contributed by atoms with Crippen LogP contribution in [0.2, 0.25) is 0 Å². The summed E-state index contributed by atoms with van der Waals surface area (Å²) < 4.78 is 0. The van der Waals surface area contributed by atoms with Gasteiger partial charge in [0.25, 0.3) is 0 Å². The molecule has 1 aliphatic carbocycles. The molecular weight excluding hydrogens is 817 g/mol. The Balaban J connectivity index is 0.919. The van der Waals surface area contributed by atoms with E-state index in [0.29, 0.717) is 34.9 Å². The van der Waals surface area contributed by atoms with Gasteiger partial charge in [0.1, 0.15) is 0 Å². The van der Waals surface area contributed by atoms with Gasteiger partial charge >= 0.3 is 0 Å². The van der Waals surface area contributed by atoms with Crippen LogP contribution in [0.3, 0.4) is 0 Å². The van der Waals surface area contributed by atoms with E-state index in [4.69, 9.17) is 29.9 Å². The fourth-order valence-electron chi connectivity index (χ4n) is 9.54. The maximum absolute atomic E-state index is 5.04. The van der Waals surface area contributed by atoms with Crippen molar-refractivity contribution in [2.75, 3.05) is 0 Å². The topological polar surface area (TPSA) is 77.3 Å². The largest absolute Gasteiger partial charge is 0.208 e. The third kappa shape index (κ3) is 7.60. The van der Waals surface area contributed by atoms with Crippen molar-refractivity contribution < 1.29 is 0 Å². The highest BCUT2D eigenvalue weighted by molar-refractivity contribution is 5.88. The Morgan fingerprint density at radius 1 is 0.254 bits per heavy atom. The number of aromatic nitrogens is 6. The van der Waals surface area contributed by atoms with Gasteiger partial charge in [-0.1, -0.05) is 184 Å². The summed E-state index contributed by atoms with van der Waals surface area (Å²) in [6.45, 7) is 13.0. The van der Waals surface area contributed by atoms with Crippen molar-refractivity contribution >= 4 is 0 Å². The summed E-state index contributed by atoms with van der Waals surface area (Å²) in [6, 6.07) is 64.1. The van der Waals surface area contributed by atoms with E-state index in [1.165, 1.54) is 22.3 Å². The summed E-state index contributed by atoms with van der Waals surface area (Å²) in [4.78, 5) is 30.1. The molecule has 0 fully saturated rings. The fourth-order valence-corrected chi connectivity index (χ4v) is 9.54. The highest BCUT2D eigenvalue weighted by Crippen LogP contribution is 2.51. The lowest BCUT2D eigenvalue weighted by molar-refractivity contribution is 0.660. The molecule has 10 aromatic rings. The Labute approximate surface area is 392 Å². The SMILES string of the molecule is Cc1ccccc1-c1nc(-c2ccc(-c3ccc4c(c3)-c3cc(-c5ccc(-c6nc(-c7ccccc7C)nc(-c7ccccc7C)n6)cc5)ccc3C4(C)C)cc2)nc(-c2ccccc2C)n1. The van der Waals surface area contributed by atoms with Crippen molar-refractivity contribution in [3.63, 3.8) is 0 Å². The standard InChI is InChI=1S/C61H48N6/c1-37-15-7-11-19-47(37)57-62-55(63-58(66-57)48-20-12-8-16-38(48)2)43-27-23-41(24-28-43)45-31-33-53-51(35-45)52-36-46(32-34-54(52)61(53,5)6)42-25-29-44(30-26-42)56-64-59(49-21-13-9-17-39(49)3)67-60(65-56)50-22-14-10-18-40(50)4/h7-36H,1-6H3. The van der Waals surface area contributed by atoms with E-state index in [1.54, 1.807) is 0 Å². The van der Waals surface area contributed by atoms with Crippen LogP contribution in [0, 0.1) is 27.7 Å². The van der Waals surface area contributed by atoms with Gasteiger partial charge in [0, 0.05) is 38.8 Å². The van der Waals surface area contributed by atoms with Crippen LogP contribution in [-0.4, -0.2) is 29.9 Å². The Hall–Kier alpha value is -8.22. The molecule has 0 amide bonds. The molecule has 0 radical (unpaired) electrons. The van der Waals surface area contributed by atoms with Crippen molar-refractivity contribution in [3.05, 3.63) is 215 Å². The number of hydrogen-bond acceptors (Lipinski definition) is 6. The van der Waals surface area contributed by atoms with Gasteiger partial charge in [0.05, 0.1) is 0 Å². The molecule has 0 N–H and O–H groups in total. The predicted molar refractivity (Wildman–Crippen MR) is 273 cm³/mol. The summed E-state index contributed by atoms with van der Waals surface area (Å²) >= 11 is 0. The zero-order valence-electron chi connectivity index (χ0n) is 38.5. The molecule has 2 aromatic heterocycles. The first kappa shape index (κ1) is 41.5. The van der Waals surface area contributed by atoms with Gasteiger partial charge < -0.3 is 0 Å². The van der Waals surface area contributed by atoms with Gasteiger partial charge in [-0.2, -0.15) is 0 Å². The summed E-state index contributed by atoms with van der Waals surface area (Å²) in [5, 5.41) is 0. The van der Waals surface area contributed by atoms with Gasteiger partial charge in [0.2, 0.25) is 0 Å². The van der Waals surface area contributed by atoms with Crippen LogP contribution in [0.5, 0.6) is 0 Å². The maximum Gasteiger partial charge on any atom is 0.164 e. The van der Waals surface area contributed by atoms with Gasteiger partial charge in [-0.3, -0.25) is 0 Å². The predicted octanol–water partition coefficient (Wildman–Crippen LogP) is 14.9. The maximum atomic E-state index is 5.04. The zero-order valence-corrected chi connectivity index (χ0v) is 38.5. The average molecular weight is 865 g/mol. The monoisotopic (exact) mass is 864 g/mol. The second kappa shape index (κ2) is 16.6. The number of fused-ring (bicyclic) bond motifs is 3. The van der Waals surface area contributed by atoms with Crippen molar-refractivity contribution in [3.8, 4) is 102 Å². The molecule has 0 bridgehead atoms. The van der Waals surface area contributed by atoms with E-state index in [9.17, 15) is 0 Å². The van der Waals surface area contributed by atoms with E-state index < -0.39 is 0 Å².